The van der Waals surface area contributed by atoms with Gasteiger partial charge in [0.2, 0.25) is 17.7 Å². The van der Waals surface area contributed by atoms with Gasteiger partial charge in [-0.2, -0.15) is 10.4 Å². The van der Waals surface area contributed by atoms with Gasteiger partial charge in [-0.1, -0.05) is 0 Å². The Morgan fingerprint density at radius 2 is 1.97 bits per heavy atom. The molecule has 34 heavy (non-hydrogen) atoms. The van der Waals surface area contributed by atoms with Gasteiger partial charge in [-0.25, -0.2) is 0 Å². The van der Waals surface area contributed by atoms with Crippen LogP contribution in [0.5, 0.6) is 0 Å². The van der Waals surface area contributed by atoms with Crippen molar-refractivity contribution in [3.05, 3.63) is 35.5 Å². The molecule has 3 N–H and O–H groups in total. The second-order valence-corrected chi connectivity index (χ2v) is 8.54. The molecule has 176 valence electrons. The molecule has 0 spiro atoms. The number of nitrogens with one attached hydrogen (secondary N) is 3. The SMILES string of the molecule is CC(=O)NCC(=O)NCN1C[C@H](C)n2nc(-c3ccc(C#N)cc3NC(=O)C3CC3)cc2C1=O. The molecule has 1 aliphatic carbocycles. The predicted octanol–water partition coefficient (Wildman–Crippen LogP) is 0.997. The van der Waals surface area contributed by atoms with E-state index in [0.29, 0.717) is 34.7 Å². The number of anilines is 1. The minimum Gasteiger partial charge on any atom is -0.347 e. The smallest absolute Gasteiger partial charge is 0.273 e. The lowest BCUT2D eigenvalue weighted by molar-refractivity contribution is -0.125. The number of nitrogens with zero attached hydrogens (tertiary/aromatic N) is 4. The van der Waals surface area contributed by atoms with Crippen molar-refractivity contribution in [1.29, 1.82) is 5.26 Å². The van der Waals surface area contributed by atoms with Crippen LogP contribution < -0.4 is 16.0 Å². The molecule has 2 aliphatic rings. The van der Waals surface area contributed by atoms with Gasteiger partial charge in [0.25, 0.3) is 5.91 Å². The summed E-state index contributed by atoms with van der Waals surface area (Å²) in [5.41, 5.74) is 2.36. The summed E-state index contributed by atoms with van der Waals surface area (Å²) >= 11 is 0. The zero-order valence-corrected chi connectivity index (χ0v) is 18.9. The number of amides is 4. The molecule has 0 saturated heterocycles. The number of hydrogen-bond acceptors (Lipinski definition) is 6. The first-order valence-corrected chi connectivity index (χ1v) is 11.0. The van der Waals surface area contributed by atoms with E-state index in [0.717, 1.165) is 12.8 Å². The quantitative estimate of drug-likeness (QED) is 0.558. The largest absolute Gasteiger partial charge is 0.347 e. The number of rotatable bonds is 7. The molecule has 1 saturated carbocycles. The molecular weight excluding hydrogens is 438 g/mol. The predicted molar refractivity (Wildman–Crippen MR) is 121 cm³/mol. The van der Waals surface area contributed by atoms with Gasteiger partial charge in [-0.3, -0.25) is 23.9 Å². The van der Waals surface area contributed by atoms with Crippen molar-refractivity contribution in [2.24, 2.45) is 5.92 Å². The molecule has 0 radical (unpaired) electrons. The van der Waals surface area contributed by atoms with Crippen LogP contribution in [0.3, 0.4) is 0 Å². The number of carbonyl (C=O) groups is 4. The van der Waals surface area contributed by atoms with Gasteiger partial charge < -0.3 is 20.9 Å². The molecule has 2 aromatic rings. The first kappa shape index (κ1) is 23.0. The highest BCUT2D eigenvalue weighted by molar-refractivity contribution is 5.99. The number of aromatic nitrogens is 2. The standard InChI is InChI=1S/C23H25N7O4/c1-13-11-29(12-26-21(32)10-25-14(2)31)23(34)20-8-19(28-30(13)20)17-6-3-15(9-24)7-18(17)27-22(33)16-4-5-16/h3,6-8,13,16H,4-5,10-12H2,1-2H3,(H,25,31)(H,26,32)(H,27,33)/t13-/m0/s1. The van der Waals surface area contributed by atoms with Gasteiger partial charge in [-0.05, 0) is 44.0 Å². The lowest BCUT2D eigenvalue weighted by atomic mass is 10.1. The Bertz CT molecular complexity index is 1210. The second kappa shape index (κ2) is 9.35. The van der Waals surface area contributed by atoms with E-state index in [1.165, 1.54) is 11.8 Å². The lowest BCUT2D eigenvalue weighted by Crippen LogP contribution is -2.49. The van der Waals surface area contributed by atoms with E-state index in [4.69, 9.17) is 0 Å². The molecule has 1 atom stereocenters. The summed E-state index contributed by atoms with van der Waals surface area (Å²) < 4.78 is 1.64. The molecule has 4 rings (SSSR count). The maximum atomic E-state index is 13.1. The Labute approximate surface area is 196 Å². The summed E-state index contributed by atoms with van der Waals surface area (Å²) in [6.45, 7) is 3.41. The van der Waals surface area contributed by atoms with E-state index in [9.17, 15) is 24.4 Å². The zero-order chi connectivity index (χ0) is 24.4. The first-order chi connectivity index (χ1) is 16.3. The fraction of sp³-hybridized carbons (Fsp3) is 0.391. The summed E-state index contributed by atoms with van der Waals surface area (Å²) in [5, 5.41) is 21.8. The number of carbonyl (C=O) groups excluding carboxylic acids is 4. The van der Waals surface area contributed by atoms with Crippen molar-refractivity contribution in [2.45, 2.75) is 32.7 Å². The van der Waals surface area contributed by atoms with E-state index >= 15 is 0 Å². The van der Waals surface area contributed by atoms with E-state index in [1.54, 1.807) is 28.9 Å². The number of hydrogen-bond donors (Lipinski definition) is 3. The highest BCUT2D eigenvalue weighted by atomic mass is 16.2. The minimum atomic E-state index is -0.399. The van der Waals surface area contributed by atoms with Crippen LogP contribution in [0.25, 0.3) is 11.3 Å². The molecular formula is C23H25N7O4. The van der Waals surface area contributed by atoms with Crippen LogP contribution in [-0.4, -0.2) is 58.1 Å². The molecule has 11 nitrogen and oxygen atoms in total. The Morgan fingerprint density at radius 3 is 2.65 bits per heavy atom. The summed E-state index contributed by atoms with van der Waals surface area (Å²) in [6.07, 6.45) is 1.70. The van der Waals surface area contributed by atoms with Gasteiger partial charge in [0.05, 0.1) is 42.3 Å². The number of nitriles is 1. The highest BCUT2D eigenvalue weighted by Gasteiger charge is 2.33. The van der Waals surface area contributed by atoms with Gasteiger partial charge in [0, 0.05) is 24.9 Å². The van der Waals surface area contributed by atoms with Crippen LogP contribution in [0.4, 0.5) is 5.69 Å². The van der Waals surface area contributed by atoms with Crippen molar-refractivity contribution in [2.75, 3.05) is 25.1 Å². The fourth-order valence-corrected chi connectivity index (χ4v) is 3.77. The van der Waals surface area contributed by atoms with Crippen LogP contribution in [0.2, 0.25) is 0 Å². The molecule has 1 fully saturated rings. The van der Waals surface area contributed by atoms with E-state index in [-0.39, 0.29) is 42.9 Å². The van der Waals surface area contributed by atoms with Crippen LogP contribution in [0.15, 0.2) is 24.3 Å². The average Bonchev–Trinajstić information content (AvgIpc) is 3.57. The second-order valence-electron chi connectivity index (χ2n) is 8.54. The molecule has 1 aliphatic heterocycles. The van der Waals surface area contributed by atoms with Crippen molar-refractivity contribution in [3.8, 4) is 17.3 Å². The molecule has 2 heterocycles. The summed E-state index contributed by atoms with van der Waals surface area (Å²) in [4.78, 5) is 49.8. The summed E-state index contributed by atoms with van der Waals surface area (Å²) in [6, 6.07) is 8.53. The van der Waals surface area contributed by atoms with Crippen molar-refractivity contribution < 1.29 is 19.2 Å². The summed E-state index contributed by atoms with van der Waals surface area (Å²) in [5.74, 6) is -1.11. The average molecular weight is 463 g/mol. The van der Waals surface area contributed by atoms with E-state index in [2.05, 4.69) is 27.1 Å². The van der Waals surface area contributed by atoms with Gasteiger partial charge in [0.1, 0.15) is 5.69 Å². The highest BCUT2D eigenvalue weighted by Crippen LogP contribution is 2.34. The number of benzene rings is 1. The monoisotopic (exact) mass is 463 g/mol. The Morgan fingerprint density at radius 1 is 1.21 bits per heavy atom. The normalized spacial score (nSPS) is 16.9. The van der Waals surface area contributed by atoms with Gasteiger partial charge >= 0.3 is 0 Å². The number of fused-ring (bicyclic) bond motifs is 1. The lowest BCUT2D eigenvalue weighted by Gasteiger charge is -2.31. The van der Waals surface area contributed by atoms with Crippen molar-refractivity contribution >= 4 is 29.3 Å². The minimum absolute atomic E-state index is 0.00165. The molecule has 0 unspecified atom stereocenters. The first-order valence-electron chi connectivity index (χ1n) is 11.0. The van der Waals surface area contributed by atoms with Gasteiger partial charge in [0.15, 0.2) is 0 Å². The maximum absolute atomic E-state index is 13.1. The Hall–Kier alpha value is -4.20. The van der Waals surface area contributed by atoms with Crippen LogP contribution in [0, 0.1) is 17.2 Å². The third-order valence-electron chi connectivity index (χ3n) is 5.74. The van der Waals surface area contributed by atoms with Gasteiger partial charge in [-0.15, -0.1) is 0 Å². The molecule has 4 amide bonds. The summed E-state index contributed by atoms with van der Waals surface area (Å²) in [7, 11) is 0. The molecule has 1 aromatic carbocycles. The van der Waals surface area contributed by atoms with Crippen LogP contribution >= 0.6 is 0 Å². The van der Waals surface area contributed by atoms with Crippen molar-refractivity contribution in [1.82, 2.24) is 25.3 Å². The third-order valence-corrected chi connectivity index (χ3v) is 5.74. The third kappa shape index (κ3) is 4.91. The fourth-order valence-electron chi connectivity index (χ4n) is 3.77. The topological polar surface area (TPSA) is 149 Å². The molecule has 1 aromatic heterocycles. The zero-order valence-electron chi connectivity index (χ0n) is 18.9. The van der Waals surface area contributed by atoms with Crippen LogP contribution in [0.1, 0.15) is 48.8 Å². The van der Waals surface area contributed by atoms with Crippen molar-refractivity contribution in [3.63, 3.8) is 0 Å². The Balaban J connectivity index is 1.55. The van der Waals surface area contributed by atoms with E-state index in [1.807, 2.05) is 6.92 Å². The van der Waals surface area contributed by atoms with E-state index < -0.39 is 5.91 Å². The molecule has 0 bridgehead atoms. The Kier molecular flexibility index (Phi) is 6.32. The maximum Gasteiger partial charge on any atom is 0.273 e. The van der Waals surface area contributed by atoms with Crippen LogP contribution in [-0.2, 0) is 14.4 Å². The molecule has 11 heteroatoms.